The zero-order valence-corrected chi connectivity index (χ0v) is 15.2. The topological polar surface area (TPSA) is 59.7 Å². The van der Waals surface area contributed by atoms with Gasteiger partial charge < -0.3 is 9.64 Å². The SMILES string of the molecule is Cc1cc2cnc(C)n2c(C2CCCN(C(=O)OC(C)(C)C)C2)n1. The van der Waals surface area contributed by atoms with Crippen molar-refractivity contribution in [3.63, 3.8) is 0 Å². The number of piperidine rings is 1. The minimum absolute atomic E-state index is 0.196. The number of aryl methyl sites for hydroxylation is 2. The zero-order chi connectivity index (χ0) is 17.5. The molecular weight excluding hydrogens is 304 g/mol. The third-order valence-corrected chi connectivity index (χ3v) is 4.28. The molecule has 1 amide bonds. The predicted octanol–water partition coefficient (Wildman–Crippen LogP) is 3.46. The average molecular weight is 330 g/mol. The molecule has 2 aromatic heterocycles. The molecule has 0 spiro atoms. The number of carbonyl (C=O) groups excluding carboxylic acids is 1. The Hall–Kier alpha value is -2.11. The van der Waals surface area contributed by atoms with Crippen molar-refractivity contribution in [2.75, 3.05) is 13.1 Å². The van der Waals surface area contributed by atoms with E-state index in [2.05, 4.69) is 9.38 Å². The fraction of sp³-hybridized carbons (Fsp3) is 0.611. The van der Waals surface area contributed by atoms with Gasteiger partial charge in [-0.1, -0.05) is 0 Å². The third-order valence-electron chi connectivity index (χ3n) is 4.28. The molecule has 1 atom stereocenters. The molecule has 1 unspecified atom stereocenters. The summed E-state index contributed by atoms with van der Waals surface area (Å²) in [6.45, 7) is 11.1. The van der Waals surface area contributed by atoms with Crippen LogP contribution in [0.15, 0.2) is 12.3 Å². The van der Waals surface area contributed by atoms with Crippen LogP contribution in [0, 0.1) is 13.8 Å². The van der Waals surface area contributed by atoms with Gasteiger partial charge in [0.05, 0.1) is 11.7 Å². The number of hydrogen-bond acceptors (Lipinski definition) is 4. The molecule has 3 heterocycles. The number of carbonyl (C=O) groups is 1. The van der Waals surface area contributed by atoms with Crippen molar-refractivity contribution in [2.24, 2.45) is 0 Å². The third kappa shape index (κ3) is 3.37. The largest absolute Gasteiger partial charge is 0.444 e. The Morgan fingerprint density at radius 3 is 2.79 bits per heavy atom. The summed E-state index contributed by atoms with van der Waals surface area (Å²) in [6.07, 6.45) is 3.61. The van der Waals surface area contributed by atoms with E-state index < -0.39 is 5.60 Å². The maximum Gasteiger partial charge on any atom is 0.410 e. The van der Waals surface area contributed by atoms with Crippen LogP contribution in [0.5, 0.6) is 0 Å². The summed E-state index contributed by atoms with van der Waals surface area (Å²) in [5, 5.41) is 0. The summed E-state index contributed by atoms with van der Waals surface area (Å²) in [6, 6.07) is 2.04. The number of amides is 1. The van der Waals surface area contributed by atoms with Gasteiger partial charge in [-0.25, -0.2) is 14.8 Å². The number of fused-ring (bicyclic) bond motifs is 1. The minimum Gasteiger partial charge on any atom is -0.444 e. The molecule has 1 aliphatic heterocycles. The quantitative estimate of drug-likeness (QED) is 0.803. The van der Waals surface area contributed by atoms with Gasteiger partial charge in [-0.15, -0.1) is 0 Å². The van der Waals surface area contributed by atoms with Gasteiger partial charge in [-0.2, -0.15) is 0 Å². The van der Waals surface area contributed by atoms with E-state index in [1.807, 2.05) is 51.8 Å². The smallest absolute Gasteiger partial charge is 0.410 e. The number of imidazole rings is 1. The van der Waals surface area contributed by atoms with Crippen LogP contribution in [0.3, 0.4) is 0 Å². The van der Waals surface area contributed by atoms with Gasteiger partial charge in [0.25, 0.3) is 0 Å². The van der Waals surface area contributed by atoms with Gasteiger partial charge in [0.15, 0.2) is 0 Å². The Morgan fingerprint density at radius 1 is 1.33 bits per heavy atom. The second-order valence-corrected chi connectivity index (χ2v) is 7.59. The van der Waals surface area contributed by atoms with Crippen LogP contribution >= 0.6 is 0 Å². The number of aromatic nitrogens is 3. The molecule has 6 nitrogen and oxygen atoms in total. The van der Waals surface area contributed by atoms with Crippen molar-refractivity contribution in [1.29, 1.82) is 0 Å². The van der Waals surface area contributed by atoms with E-state index >= 15 is 0 Å². The average Bonchev–Trinajstić information content (AvgIpc) is 2.86. The molecule has 24 heavy (non-hydrogen) atoms. The molecule has 0 saturated carbocycles. The molecule has 1 fully saturated rings. The van der Waals surface area contributed by atoms with E-state index in [1.54, 1.807) is 0 Å². The van der Waals surface area contributed by atoms with E-state index in [-0.39, 0.29) is 12.0 Å². The lowest BCUT2D eigenvalue weighted by Crippen LogP contribution is -2.42. The lowest BCUT2D eigenvalue weighted by molar-refractivity contribution is 0.0195. The molecule has 1 saturated heterocycles. The molecule has 0 bridgehead atoms. The lowest BCUT2D eigenvalue weighted by Gasteiger charge is -2.34. The summed E-state index contributed by atoms with van der Waals surface area (Å²) in [5.74, 6) is 2.12. The molecule has 0 aliphatic carbocycles. The van der Waals surface area contributed by atoms with Crippen LogP contribution < -0.4 is 0 Å². The first-order valence-electron chi connectivity index (χ1n) is 8.54. The summed E-state index contributed by atoms with van der Waals surface area (Å²) in [5.41, 5.74) is 1.57. The van der Waals surface area contributed by atoms with Crippen molar-refractivity contribution in [2.45, 2.75) is 59.0 Å². The molecule has 0 N–H and O–H groups in total. The van der Waals surface area contributed by atoms with Crippen LogP contribution in [-0.2, 0) is 4.74 Å². The van der Waals surface area contributed by atoms with E-state index in [9.17, 15) is 4.79 Å². The maximum absolute atomic E-state index is 12.4. The van der Waals surface area contributed by atoms with Crippen molar-refractivity contribution in [3.8, 4) is 0 Å². The molecule has 3 rings (SSSR count). The second kappa shape index (κ2) is 6.07. The van der Waals surface area contributed by atoms with Crippen LogP contribution in [0.1, 0.15) is 56.9 Å². The molecule has 130 valence electrons. The number of nitrogens with zero attached hydrogens (tertiary/aromatic N) is 4. The Morgan fingerprint density at radius 2 is 2.08 bits per heavy atom. The number of hydrogen-bond donors (Lipinski definition) is 0. The Labute approximate surface area is 142 Å². The van der Waals surface area contributed by atoms with E-state index in [4.69, 9.17) is 9.72 Å². The van der Waals surface area contributed by atoms with Gasteiger partial charge in [-0.3, -0.25) is 4.40 Å². The second-order valence-electron chi connectivity index (χ2n) is 7.59. The van der Waals surface area contributed by atoms with Gasteiger partial charge in [0.1, 0.15) is 17.2 Å². The Balaban J connectivity index is 1.88. The summed E-state index contributed by atoms with van der Waals surface area (Å²) >= 11 is 0. The van der Waals surface area contributed by atoms with Gasteiger partial charge in [-0.05, 0) is 53.5 Å². The van der Waals surface area contributed by atoms with Crippen LogP contribution in [0.4, 0.5) is 4.79 Å². The predicted molar refractivity (Wildman–Crippen MR) is 92.2 cm³/mol. The number of rotatable bonds is 1. The first kappa shape index (κ1) is 16.7. The fourth-order valence-corrected chi connectivity index (χ4v) is 3.29. The zero-order valence-electron chi connectivity index (χ0n) is 15.2. The standard InChI is InChI=1S/C18H26N4O2/c1-12-9-15-10-19-13(2)22(15)16(20-12)14-7-6-8-21(11-14)17(23)24-18(3,4)5/h9-10,14H,6-8,11H2,1-5H3. The molecule has 2 aromatic rings. The first-order valence-corrected chi connectivity index (χ1v) is 8.54. The molecule has 6 heteroatoms. The molecule has 0 aromatic carbocycles. The van der Waals surface area contributed by atoms with E-state index in [1.165, 1.54) is 0 Å². The molecule has 1 aliphatic rings. The monoisotopic (exact) mass is 330 g/mol. The minimum atomic E-state index is -0.472. The maximum atomic E-state index is 12.4. The molecular formula is C18H26N4O2. The summed E-state index contributed by atoms with van der Waals surface area (Å²) in [7, 11) is 0. The van der Waals surface area contributed by atoms with E-state index in [0.29, 0.717) is 6.54 Å². The Kier molecular flexibility index (Phi) is 4.24. The first-order chi connectivity index (χ1) is 11.2. The fourth-order valence-electron chi connectivity index (χ4n) is 3.29. The van der Waals surface area contributed by atoms with Gasteiger partial charge >= 0.3 is 6.09 Å². The Bertz CT molecular complexity index is 760. The number of likely N-dealkylation sites (tertiary alicyclic amines) is 1. The number of ether oxygens (including phenoxy) is 1. The van der Waals surface area contributed by atoms with Gasteiger partial charge in [0, 0.05) is 24.7 Å². The van der Waals surface area contributed by atoms with Crippen molar-refractivity contribution in [3.05, 3.63) is 29.6 Å². The van der Waals surface area contributed by atoms with Crippen molar-refractivity contribution in [1.82, 2.24) is 19.3 Å². The highest BCUT2D eigenvalue weighted by Gasteiger charge is 2.30. The van der Waals surface area contributed by atoms with Crippen molar-refractivity contribution >= 4 is 11.6 Å². The molecule has 0 radical (unpaired) electrons. The highest BCUT2D eigenvalue weighted by molar-refractivity contribution is 5.68. The normalized spacial score (nSPS) is 18.9. The van der Waals surface area contributed by atoms with Crippen molar-refractivity contribution < 1.29 is 9.53 Å². The van der Waals surface area contributed by atoms with Crippen LogP contribution in [-0.4, -0.2) is 44.1 Å². The highest BCUT2D eigenvalue weighted by atomic mass is 16.6. The van der Waals surface area contributed by atoms with E-state index in [0.717, 1.165) is 42.2 Å². The highest BCUT2D eigenvalue weighted by Crippen LogP contribution is 2.28. The summed E-state index contributed by atoms with van der Waals surface area (Å²) in [4.78, 5) is 23.4. The van der Waals surface area contributed by atoms with Crippen LogP contribution in [0.25, 0.3) is 5.52 Å². The lowest BCUT2D eigenvalue weighted by atomic mass is 9.97. The summed E-state index contributed by atoms with van der Waals surface area (Å²) < 4.78 is 7.64. The van der Waals surface area contributed by atoms with Crippen LogP contribution in [0.2, 0.25) is 0 Å². The van der Waals surface area contributed by atoms with Gasteiger partial charge in [0.2, 0.25) is 0 Å².